The molecule has 160 valence electrons. The number of sulfonamides is 1. The van der Waals surface area contributed by atoms with Crippen LogP contribution in [0.2, 0.25) is 0 Å². The van der Waals surface area contributed by atoms with E-state index >= 15 is 0 Å². The lowest BCUT2D eigenvalue weighted by molar-refractivity contribution is 0.400. The van der Waals surface area contributed by atoms with Gasteiger partial charge < -0.3 is 19.2 Å². The predicted octanol–water partition coefficient (Wildman–Crippen LogP) is 3.18. The number of nitrogens with one attached hydrogen (secondary N) is 1. The Morgan fingerprint density at radius 1 is 1.03 bits per heavy atom. The Morgan fingerprint density at radius 2 is 1.73 bits per heavy atom. The lowest BCUT2D eigenvalue weighted by atomic mass is 10.2. The van der Waals surface area contributed by atoms with Crippen LogP contribution in [0.3, 0.4) is 0 Å². The van der Waals surface area contributed by atoms with E-state index in [0.29, 0.717) is 17.5 Å². The van der Waals surface area contributed by atoms with Crippen molar-refractivity contribution in [1.29, 1.82) is 0 Å². The highest BCUT2D eigenvalue weighted by atomic mass is 32.2. The molecule has 0 aliphatic rings. The number of nitrogens with zero attached hydrogens (tertiary/aromatic N) is 3. The first-order valence-electron chi connectivity index (χ1n) is 9.11. The second-order valence-corrected chi connectivity index (χ2v) is 8.81. The van der Waals surface area contributed by atoms with Gasteiger partial charge in [0, 0.05) is 25.3 Å². The zero-order valence-electron chi connectivity index (χ0n) is 17.4. The largest absolute Gasteiger partial charge is 0.497 e. The molecular formula is C20H24N4O5S. The molecular weight excluding hydrogens is 408 g/mol. The van der Waals surface area contributed by atoms with Crippen molar-refractivity contribution in [3.05, 3.63) is 48.4 Å². The molecule has 3 rings (SSSR count). The van der Waals surface area contributed by atoms with Crippen LogP contribution < -0.4 is 14.8 Å². The summed E-state index contributed by atoms with van der Waals surface area (Å²) in [6.45, 7) is 1.84. The molecule has 1 N–H and O–H groups in total. The molecule has 1 atom stereocenters. The maximum Gasteiger partial charge on any atom is 0.247 e. The second kappa shape index (κ2) is 8.72. The van der Waals surface area contributed by atoms with Crippen molar-refractivity contribution in [2.24, 2.45) is 0 Å². The summed E-state index contributed by atoms with van der Waals surface area (Å²) in [5.41, 5.74) is 1.35. The van der Waals surface area contributed by atoms with E-state index in [9.17, 15) is 8.42 Å². The quantitative estimate of drug-likeness (QED) is 0.578. The highest BCUT2D eigenvalue weighted by Crippen LogP contribution is 2.31. The molecule has 0 aliphatic carbocycles. The smallest absolute Gasteiger partial charge is 0.247 e. The topological polar surface area (TPSA) is 107 Å². The Hall–Kier alpha value is -3.11. The van der Waals surface area contributed by atoms with E-state index in [4.69, 9.17) is 13.9 Å². The molecule has 9 nitrogen and oxygen atoms in total. The average molecular weight is 433 g/mol. The summed E-state index contributed by atoms with van der Waals surface area (Å²) in [5, 5.41) is 11.4. The van der Waals surface area contributed by atoms with Crippen LogP contribution >= 0.6 is 0 Å². The Balaban J connectivity index is 1.82. The number of methoxy groups -OCH3 is 2. The number of rotatable bonds is 8. The minimum Gasteiger partial charge on any atom is -0.497 e. The van der Waals surface area contributed by atoms with Crippen molar-refractivity contribution in [3.63, 3.8) is 0 Å². The van der Waals surface area contributed by atoms with Crippen LogP contribution in [-0.2, 0) is 10.0 Å². The Kier molecular flexibility index (Phi) is 6.28. The van der Waals surface area contributed by atoms with Gasteiger partial charge >= 0.3 is 0 Å². The average Bonchev–Trinajstić information content (AvgIpc) is 3.24. The monoisotopic (exact) mass is 432 g/mol. The van der Waals surface area contributed by atoms with E-state index in [1.165, 1.54) is 27.3 Å². The molecule has 10 heteroatoms. The highest BCUT2D eigenvalue weighted by molar-refractivity contribution is 7.89. The van der Waals surface area contributed by atoms with E-state index < -0.39 is 10.0 Å². The van der Waals surface area contributed by atoms with Crippen molar-refractivity contribution in [2.75, 3.05) is 33.6 Å². The van der Waals surface area contributed by atoms with Crippen LogP contribution in [0.25, 0.3) is 11.5 Å². The third kappa shape index (κ3) is 4.39. The third-order valence-electron chi connectivity index (χ3n) is 4.45. The molecule has 30 heavy (non-hydrogen) atoms. The van der Waals surface area contributed by atoms with Gasteiger partial charge in [0.1, 0.15) is 22.4 Å². The zero-order valence-corrected chi connectivity index (χ0v) is 18.2. The van der Waals surface area contributed by atoms with Gasteiger partial charge in [-0.3, -0.25) is 0 Å². The fourth-order valence-electron chi connectivity index (χ4n) is 2.74. The highest BCUT2D eigenvalue weighted by Gasteiger charge is 2.23. The first-order chi connectivity index (χ1) is 14.3. The third-order valence-corrected chi connectivity index (χ3v) is 6.29. The van der Waals surface area contributed by atoms with E-state index in [2.05, 4.69) is 15.5 Å². The summed E-state index contributed by atoms with van der Waals surface area (Å²) < 4.78 is 42.5. The second-order valence-electron chi connectivity index (χ2n) is 6.69. The molecule has 0 saturated carbocycles. The van der Waals surface area contributed by atoms with Gasteiger partial charge in [-0.05, 0) is 49.4 Å². The Labute approximate surface area is 175 Å². The molecule has 1 aromatic heterocycles. The summed E-state index contributed by atoms with van der Waals surface area (Å²) in [4.78, 5) is 0.0663. The van der Waals surface area contributed by atoms with Gasteiger partial charge in [-0.15, -0.1) is 10.2 Å². The van der Waals surface area contributed by atoms with Gasteiger partial charge in [-0.1, -0.05) is 0 Å². The maximum absolute atomic E-state index is 12.6. The lowest BCUT2D eigenvalue weighted by Gasteiger charge is -2.17. The van der Waals surface area contributed by atoms with Crippen molar-refractivity contribution in [1.82, 2.24) is 14.5 Å². The number of ether oxygens (including phenoxy) is 2. The van der Waals surface area contributed by atoms with Crippen LogP contribution in [0, 0.1) is 0 Å². The van der Waals surface area contributed by atoms with E-state index in [-0.39, 0.29) is 16.7 Å². The lowest BCUT2D eigenvalue weighted by Crippen LogP contribution is -2.23. The van der Waals surface area contributed by atoms with Crippen LogP contribution in [0.15, 0.2) is 51.8 Å². The van der Waals surface area contributed by atoms with Crippen molar-refractivity contribution in [2.45, 2.75) is 17.9 Å². The molecule has 0 spiro atoms. The van der Waals surface area contributed by atoms with Gasteiger partial charge in [-0.2, -0.15) is 0 Å². The van der Waals surface area contributed by atoms with Gasteiger partial charge in [0.25, 0.3) is 0 Å². The zero-order chi connectivity index (χ0) is 21.9. The number of anilines is 1. The van der Waals surface area contributed by atoms with Crippen LogP contribution in [-0.4, -0.2) is 51.2 Å². The van der Waals surface area contributed by atoms with E-state index in [0.717, 1.165) is 15.6 Å². The molecule has 0 unspecified atom stereocenters. The Morgan fingerprint density at radius 3 is 2.33 bits per heavy atom. The summed E-state index contributed by atoms with van der Waals surface area (Å²) in [5.74, 6) is 1.75. The van der Waals surface area contributed by atoms with Gasteiger partial charge in [0.05, 0.1) is 14.2 Å². The molecule has 2 aromatic carbocycles. The minimum atomic E-state index is -3.67. The fraction of sp³-hybridized carbons (Fsp3) is 0.300. The molecule has 0 amide bonds. The van der Waals surface area contributed by atoms with Crippen LogP contribution in [0.1, 0.15) is 18.9 Å². The molecule has 0 aliphatic heterocycles. The van der Waals surface area contributed by atoms with Crippen molar-refractivity contribution in [3.8, 4) is 23.0 Å². The molecule has 0 saturated heterocycles. The number of hydrogen-bond acceptors (Lipinski definition) is 8. The first-order valence-corrected chi connectivity index (χ1v) is 10.5. The molecule has 0 radical (unpaired) electrons. The van der Waals surface area contributed by atoms with Crippen LogP contribution in [0.5, 0.6) is 11.5 Å². The van der Waals surface area contributed by atoms with Gasteiger partial charge in [0.15, 0.2) is 0 Å². The molecule has 1 heterocycles. The van der Waals surface area contributed by atoms with Crippen molar-refractivity contribution >= 4 is 15.7 Å². The summed E-state index contributed by atoms with van der Waals surface area (Å²) in [7, 11) is 2.29. The maximum atomic E-state index is 12.6. The molecule has 0 bridgehead atoms. The van der Waals surface area contributed by atoms with E-state index in [1.807, 2.05) is 31.2 Å². The number of hydrogen-bond donors (Lipinski definition) is 1. The number of aromatic nitrogens is 2. The molecule has 0 fully saturated rings. The Bertz CT molecular complexity index is 1110. The van der Waals surface area contributed by atoms with Crippen LogP contribution in [0.4, 0.5) is 5.69 Å². The number of benzene rings is 2. The minimum absolute atomic E-state index is 0.0663. The van der Waals surface area contributed by atoms with Crippen molar-refractivity contribution < 1.29 is 22.3 Å². The van der Waals surface area contributed by atoms with Gasteiger partial charge in [-0.25, -0.2) is 12.7 Å². The summed E-state index contributed by atoms with van der Waals surface area (Å²) in [6.07, 6.45) is 0. The first kappa shape index (κ1) is 21.6. The summed E-state index contributed by atoms with van der Waals surface area (Å²) >= 11 is 0. The van der Waals surface area contributed by atoms with Gasteiger partial charge in [0.2, 0.25) is 21.8 Å². The fourth-order valence-corrected chi connectivity index (χ4v) is 3.81. The normalized spacial score (nSPS) is 12.6. The summed E-state index contributed by atoms with van der Waals surface area (Å²) in [6, 6.07) is 11.8. The SMILES string of the molecule is COc1ccc(-c2nnc([C@@H](C)Nc3ccc(OC)c(S(=O)(=O)N(C)C)c3)o2)cc1. The van der Waals surface area contributed by atoms with E-state index in [1.54, 1.807) is 19.2 Å². The molecule has 3 aromatic rings. The standard InChI is InChI=1S/C20H24N4O5S/c1-13(19-22-23-20(29-19)14-6-9-16(27-4)10-7-14)21-15-8-11-17(28-5)18(12-15)30(25,26)24(2)3/h6-13,21H,1-5H3/t13-/m1/s1. The predicted molar refractivity (Wildman–Crippen MR) is 112 cm³/mol.